The van der Waals surface area contributed by atoms with Crippen molar-refractivity contribution in [3.05, 3.63) is 48.0 Å². The van der Waals surface area contributed by atoms with Crippen LogP contribution in [0.25, 0.3) is 21.8 Å². The van der Waals surface area contributed by atoms with Crippen LogP contribution in [0.3, 0.4) is 0 Å². The van der Waals surface area contributed by atoms with Gasteiger partial charge in [-0.1, -0.05) is 24.3 Å². The van der Waals surface area contributed by atoms with Gasteiger partial charge in [-0.15, -0.1) is 12.4 Å². The molecule has 3 aromatic rings. The first-order valence-electron chi connectivity index (χ1n) is 7.59. The average Bonchev–Trinajstić information content (AvgIpc) is 2.84. The van der Waals surface area contributed by atoms with Crippen LogP contribution in [0.1, 0.15) is 12.0 Å². The van der Waals surface area contributed by atoms with E-state index in [4.69, 9.17) is 0 Å². The van der Waals surface area contributed by atoms with E-state index in [2.05, 4.69) is 71.8 Å². The first-order chi connectivity index (χ1) is 10.2. The lowest BCUT2D eigenvalue weighted by molar-refractivity contribution is 0.394. The molecule has 22 heavy (non-hydrogen) atoms. The van der Waals surface area contributed by atoms with E-state index in [1.54, 1.807) is 0 Å². The van der Waals surface area contributed by atoms with Crippen LogP contribution < -0.4 is 5.32 Å². The Morgan fingerprint density at radius 2 is 1.77 bits per heavy atom. The molecule has 4 heteroatoms. The summed E-state index contributed by atoms with van der Waals surface area (Å²) in [6, 6.07) is 15.2. The Kier molecular flexibility index (Phi) is 5.83. The Morgan fingerprint density at radius 3 is 2.59 bits per heavy atom. The van der Waals surface area contributed by atoms with Crippen molar-refractivity contribution in [2.45, 2.75) is 13.0 Å². The molecule has 3 nitrogen and oxygen atoms in total. The van der Waals surface area contributed by atoms with E-state index in [9.17, 15) is 0 Å². The number of hydrogen-bond donors (Lipinski definition) is 2. The van der Waals surface area contributed by atoms with E-state index in [1.165, 1.54) is 33.8 Å². The number of aromatic amines is 1. The number of rotatable bonds is 6. The van der Waals surface area contributed by atoms with Gasteiger partial charge in [-0.05, 0) is 57.4 Å². The third-order valence-corrected chi connectivity index (χ3v) is 3.86. The number of H-pyrrole nitrogens is 1. The Bertz CT molecular complexity index is 733. The Hall–Kier alpha value is -1.55. The highest BCUT2D eigenvalue weighted by molar-refractivity contribution is 6.07. The van der Waals surface area contributed by atoms with Crippen molar-refractivity contribution in [2.75, 3.05) is 27.2 Å². The molecule has 0 atom stereocenters. The highest BCUT2D eigenvalue weighted by Gasteiger charge is 2.04. The first-order valence-corrected chi connectivity index (χ1v) is 7.59. The van der Waals surface area contributed by atoms with Gasteiger partial charge in [-0.2, -0.15) is 0 Å². The van der Waals surface area contributed by atoms with Gasteiger partial charge in [0.15, 0.2) is 0 Å². The second kappa shape index (κ2) is 7.63. The topological polar surface area (TPSA) is 31.1 Å². The lowest BCUT2D eigenvalue weighted by Crippen LogP contribution is -2.20. The van der Waals surface area contributed by atoms with Gasteiger partial charge in [0.25, 0.3) is 0 Å². The van der Waals surface area contributed by atoms with Crippen molar-refractivity contribution in [3.8, 4) is 0 Å². The lowest BCUT2D eigenvalue weighted by atomic mass is 10.1. The van der Waals surface area contributed by atoms with Gasteiger partial charge >= 0.3 is 0 Å². The van der Waals surface area contributed by atoms with Crippen molar-refractivity contribution in [2.24, 2.45) is 0 Å². The molecule has 0 bridgehead atoms. The van der Waals surface area contributed by atoms with E-state index < -0.39 is 0 Å². The van der Waals surface area contributed by atoms with E-state index >= 15 is 0 Å². The number of benzene rings is 2. The predicted molar refractivity (Wildman–Crippen MR) is 97.9 cm³/mol. The molecule has 1 heterocycles. The summed E-state index contributed by atoms with van der Waals surface area (Å²) in [6.07, 6.45) is 1.18. The molecule has 1 aromatic heterocycles. The second-order valence-corrected chi connectivity index (χ2v) is 5.88. The predicted octanol–water partition coefficient (Wildman–Crippen LogP) is 3.78. The molecule has 0 spiro atoms. The lowest BCUT2D eigenvalue weighted by Gasteiger charge is -2.09. The van der Waals surface area contributed by atoms with Crippen molar-refractivity contribution >= 4 is 34.2 Å². The van der Waals surface area contributed by atoms with Gasteiger partial charge in [0, 0.05) is 28.4 Å². The van der Waals surface area contributed by atoms with Crippen LogP contribution in [-0.2, 0) is 6.54 Å². The van der Waals surface area contributed by atoms with Crippen molar-refractivity contribution in [1.82, 2.24) is 15.2 Å². The monoisotopic (exact) mass is 317 g/mol. The normalized spacial score (nSPS) is 11.2. The van der Waals surface area contributed by atoms with Crippen molar-refractivity contribution in [1.29, 1.82) is 0 Å². The summed E-state index contributed by atoms with van der Waals surface area (Å²) >= 11 is 0. The molecule has 0 saturated carbocycles. The fraction of sp³-hybridized carbons (Fsp3) is 0.333. The minimum atomic E-state index is 0. The van der Waals surface area contributed by atoms with Gasteiger partial charge in [-0.3, -0.25) is 0 Å². The zero-order valence-corrected chi connectivity index (χ0v) is 14.0. The van der Waals surface area contributed by atoms with Crippen LogP contribution in [-0.4, -0.2) is 37.1 Å². The standard InChI is InChI=1S/C18H23N3.ClH/c1-21(2)11-5-10-19-13-14-8-9-18-16(12-14)15-6-3-4-7-17(15)20-18;/h3-4,6-9,12,19-20H,5,10-11,13H2,1-2H3;1H. The number of fused-ring (bicyclic) bond motifs is 3. The summed E-state index contributed by atoms with van der Waals surface area (Å²) in [5.74, 6) is 0. The molecule has 0 aliphatic heterocycles. The maximum absolute atomic E-state index is 3.53. The van der Waals surface area contributed by atoms with Crippen LogP contribution in [0.5, 0.6) is 0 Å². The maximum Gasteiger partial charge on any atom is 0.0465 e. The average molecular weight is 318 g/mol. The number of nitrogens with one attached hydrogen (secondary N) is 2. The van der Waals surface area contributed by atoms with Crippen LogP contribution in [0.4, 0.5) is 0 Å². The largest absolute Gasteiger partial charge is 0.355 e. The third kappa shape index (κ3) is 3.80. The first kappa shape index (κ1) is 16.8. The van der Waals surface area contributed by atoms with E-state index in [1.807, 2.05) is 0 Å². The van der Waals surface area contributed by atoms with Gasteiger partial charge < -0.3 is 15.2 Å². The number of aromatic nitrogens is 1. The zero-order valence-electron chi connectivity index (χ0n) is 13.2. The number of hydrogen-bond acceptors (Lipinski definition) is 2. The summed E-state index contributed by atoms with van der Waals surface area (Å²) in [5, 5.41) is 6.15. The molecule has 0 fully saturated rings. The highest BCUT2D eigenvalue weighted by Crippen LogP contribution is 2.25. The number of para-hydroxylation sites is 1. The highest BCUT2D eigenvalue weighted by atomic mass is 35.5. The molecule has 118 valence electrons. The fourth-order valence-electron chi connectivity index (χ4n) is 2.76. The fourth-order valence-corrected chi connectivity index (χ4v) is 2.76. The molecule has 0 radical (unpaired) electrons. The van der Waals surface area contributed by atoms with E-state index in [0.29, 0.717) is 0 Å². The Balaban J connectivity index is 0.00000176. The zero-order chi connectivity index (χ0) is 14.7. The number of halogens is 1. The van der Waals surface area contributed by atoms with Crippen molar-refractivity contribution < 1.29 is 0 Å². The van der Waals surface area contributed by atoms with Crippen LogP contribution in [0, 0.1) is 0 Å². The molecule has 3 rings (SSSR count). The molecule has 0 aliphatic rings. The van der Waals surface area contributed by atoms with Crippen LogP contribution >= 0.6 is 12.4 Å². The summed E-state index contributed by atoms with van der Waals surface area (Å²) in [7, 11) is 4.23. The van der Waals surface area contributed by atoms with Crippen LogP contribution in [0.15, 0.2) is 42.5 Å². The molecule has 0 aliphatic carbocycles. The van der Waals surface area contributed by atoms with Gasteiger partial charge in [-0.25, -0.2) is 0 Å². The SMILES string of the molecule is CN(C)CCCNCc1ccc2[nH]c3ccccc3c2c1.Cl. The molecule has 0 unspecified atom stereocenters. The second-order valence-electron chi connectivity index (χ2n) is 5.88. The summed E-state index contributed by atoms with van der Waals surface area (Å²) in [6.45, 7) is 3.13. The van der Waals surface area contributed by atoms with Crippen molar-refractivity contribution in [3.63, 3.8) is 0 Å². The van der Waals surface area contributed by atoms with Crippen LogP contribution in [0.2, 0.25) is 0 Å². The third-order valence-electron chi connectivity index (χ3n) is 3.86. The Labute approximate surface area is 138 Å². The van der Waals surface area contributed by atoms with Gasteiger partial charge in [0.1, 0.15) is 0 Å². The summed E-state index contributed by atoms with van der Waals surface area (Å²) < 4.78 is 0. The van der Waals surface area contributed by atoms with E-state index in [0.717, 1.165) is 19.6 Å². The smallest absolute Gasteiger partial charge is 0.0465 e. The van der Waals surface area contributed by atoms with Gasteiger partial charge in [0.05, 0.1) is 0 Å². The quantitative estimate of drug-likeness (QED) is 0.678. The van der Waals surface area contributed by atoms with Gasteiger partial charge in [0.2, 0.25) is 0 Å². The van der Waals surface area contributed by atoms with E-state index in [-0.39, 0.29) is 12.4 Å². The number of nitrogens with zero attached hydrogens (tertiary/aromatic N) is 1. The maximum atomic E-state index is 3.53. The minimum Gasteiger partial charge on any atom is -0.355 e. The summed E-state index contributed by atoms with van der Waals surface area (Å²) in [5.41, 5.74) is 3.77. The summed E-state index contributed by atoms with van der Waals surface area (Å²) in [4.78, 5) is 5.69. The molecular formula is C18H24ClN3. The minimum absolute atomic E-state index is 0. The Morgan fingerprint density at radius 1 is 1.00 bits per heavy atom. The molecule has 2 N–H and O–H groups in total. The molecular weight excluding hydrogens is 294 g/mol. The molecule has 0 amide bonds. The molecule has 2 aromatic carbocycles. The molecule has 0 saturated heterocycles.